The normalized spacial score (nSPS) is 18.3. The van der Waals surface area contributed by atoms with Gasteiger partial charge in [-0.15, -0.1) is 0 Å². The highest BCUT2D eigenvalue weighted by Gasteiger charge is 2.32. The molecular formula is C14H19N3O5S. The van der Waals surface area contributed by atoms with Crippen molar-refractivity contribution in [3.05, 3.63) is 29.8 Å². The van der Waals surface area contributed by atoms with Crippen molar-refractivity contribution in [2.75, 3.05) is 30.3 Å². The van der Waals surface area contributed by atoms with Gasteiger partial charge in [-0.25, -0.2) is 13.6 Å². The smallest absolute Gasteiger partial charge is 0.251 e. The Kier molecular flexibility index (Phi) is 5.34. The third-order valence-corrected chi connectivity index (χ3v) is 4.45. The molecule has 23 heavy (non-hydrogen) atoms. The highest BCUT2D eigenvalue weighted by molar-refractivity contribution is 7.89. The highest BCUT2D eigenvalue weighted by atomic mass is 32.2. The van der Waals surface area contributed by atoms with Gasteiger partial charge in [-0.3, -0.25) is 9.59 Å². The fourth-order valence-electron chi connectivity index (χ4n) is 2.54. The molecule has 1 aromatic rings. The minimum absolute atomic E-state index is 0.134. The molecule has 2 rings (SSSR count). The topological polar surface area (TPSA) is 130 Å². The Morgan fingerprint density at radius 2 is 2.00 bits per heavy atom. The van der Waals surface area contributed by atoms with E-state index in [1.54, 1.807) is 24.3 Å². The molecule has 0 aliphatic carbocycles. The Morgan fingerprint density at radius 3 is 2.57 bits per heavy atom. The molecule has 8 nitrogen and oxygen atoms in total. The van der Waals surface area contributed by atoms with Gasteiger partial charge in [0.15, 0.2) is 0 Å². The summed E-state index contributed by atoms with van der Waals surface area (Å²) in [5.74, 6) is -1.04. The Bertz CT molecular complexity index is 687. The van der Waals surface area contributed by atoms with Crippen LogP contribution in [-0.4, -0.2) is 50.8 Å². The summed E-state index contributed by atoms with van der Waals surface area (Å²) in [6, 6.07) is 6.40. The molecule has 0 bridgehead atoms. The van der Waals surface area contributed by atoms with Crippen LogP contribution in [0.1, 0.15) is 16.8 Å². The SMILES string of the molecule is NS(=O)(=O)CC1CC(=O)N(c2ccc(C(=O)NCCO)cc2)C1. The molecule has 1 heterocycles. The standard InChI is InChI=1S/C14H19N3O5S/c15-23(21,22)9-10-7-13(19)17(8-10)12-3-1-11(2-4-12)14(20)16-5-6-18/h1-4,10,18H,5-9H2,(H,16,20)(H2,15,21,22). The summed E-state index contributed by atoms with van der Waals surface area (Å²) in [4.78, 5) is 25.2. The molecule has 1 aliphatic rings. The third kappa shape index (κ3) is 4.75. The quantitative estimate of drug-likeness (QED) is 0.614. The predicted molar refractivity (Wildman–Crippen MR) is 84.3 cm³/mol. The third-order valence-electron chi connectivity index (χ3n) is 3.51. The number of hydrogen-bond donors (Lipinski definition) is 3. The van der Waals surface area contributed by atoms with Gasteiger partial charge in [-0.2, -0.15) is 0 Å². The number of carbonyl (C=O) groups excluding carboxylic acids is 2. The number of primary sulfonamides is 1. The zero-order valence-corrected chi connectivity index (χ0v) is 13.3. The number of rotatable bonds is 6. The number of aliphatic hydroxyl groups is 1. The predicted octanol–water partition coefficient (Wildman–Crippen LogP) is -0.950. The summed E-state index contributed by atoms with van der Waals surface area (Å²) >= 11 is 0. The second-order valence-corrected chi connectivity index (χ2v) is 7.09. The maximum absolute atomic E-state index is 12.0. The molecule has 1 saturated heterocycles. The Hall–Kier alpha value is -1.97. The van der Waals surface area contributed by atoms with Gasteiger partial charge in [0.2, 0.25) is 15.9 Å². The lowest BCUT2D eigenvalue weighted by molar-refractivity contribution is -0.117. The summed E-state index contributed by atoms with van der Waals surface area (Å²) in [7, 11) is -3.62. The number of nitrogens with zero attached hydrogens (tertiary/aromatic N) is 1. The van der Waals surface area contributed by atoms with E-state index in [1.165, 1.54) is 4.90 Å². The van der Waals surface area contributed by atoms with Gasteiger partial charge in [-0.05, 0) is 24.3 Å². The van der Waals surface area contributed by atoms with Gasteiger partial charge in [0.1, 0.15) is 0 Å². The van der Waals surface area contributed by atoms with Crippen molar-refractivity contribution in [1.82, 2.24) is 5.32 Å². The Balaban J connectivity index is 2.05. The molecule has 4 N–H and O–H groups in total. The van der Waals surface area contributed by atoms with E-state index in [4.69, 9.17) is 10.2 Å². The number of nitrogens with two attached hydrogens (primary N) is 1. The lowest BCUT2D eigenvalue weighted by Crippen LogP contribution is -2.28. The second kappa shape index (κ2) is 7.07. The zero-order chi connectivity index (χ0) is 17.0. The molecule has 0 spiro atoms. The lowest BCUT2D eigenvalue weighted by atomic mass is 10.1. The van der Waals surface area contributed by atoms with Crippen LogP contribution in [0, 0.1) is 5.92 Å². The number of nitrogens with one attached hydrogen (secondary N) is 1. The van der Waals surface area contributed by atoms with Crippen LogP contribution in [0.25, 0.3) is 0 Å². The van der Waals surface area contributed by atoms with Crippen LogP contribution in [0.5, 0.6) is 0 Å². The molecule has 1 fully saturated rings. The van der Waals surface area contributed by atoms with Crippen molar-refractivity contribution in [2.24, 2.45) is 11.1 Å². The minimum Gasteiger partial charge on any atom is -0.395 e. The number of amides is 2. The van der Waals surface area contributed by atoms with Gasteiger partial charge in [0.05, 0.1) is 12.4 Å². The summed E-state index contributed by atoms with van der Waals surface area (Å²) in [5.41, 5.74) is 1.01. The van der Waals surface area contributed by atoms with Crippen molar-refractivity contribution < 1.29 is 23.1 Å². The number of sulfonamides is 1. The van der Waals surface area contributed by atoms with Gasteiger partial charge in [0.25, 0.3) is 5.91 Å². The summed E-state index contributed by atoms with van der Waals surface area (Å²) < 4.78 is 22.3. The average molecular weight is 341 g/mol. The van der Waals surface area contributed by atoms with Crippen molar-refractivity contribution in [1.29, 1.82) is 0 Å². The molecule has 0 aromatic heterocycles. The van der Waals surface area contributed by atoms with E-state index in [0.29, 0.717) is 11.3 Å². The number of carbonyl (C=O) groups is 2. The molecule has 2 amide bonds. The first-order valence-electron chi connectivity index (χ1n) is 7.10. The molecule has 0 radical (unpaired) electrons. The lowest BCUT2D eigenvalue weighted by Gasteiger charge is -2.17. The van der Waals surface area contributed by atoms with Gasteiger partial charge in [-0.1, -0.05) is 0 Å². The maximum Gasteiger partial charge on any atom is 0.251 e. The van der Waals surface area contributed by atoms with Crippen LogP contribution < -0.4 is 15.4 Å². The van der Waals surface area contributed by atoms with E-state index in [-0.39, 0.29) is 49.6 Å². The van der Waals surface area contributed by atoms with Crippen molar-refractivity contribution in [2.45, 2.75) is 6.42 Å². The highest BCUT2D eigenvalue weighted by Crippen LogP contribution is 2.26. The Labute approximate surface area is 134 Å². The molecule has 0 saturated carbocycles. The number of aliphatic hydroxyl groups excluding tert-OH is 1. The van der Waals surface area contributed by atoms with E-state index < -0.39 is 10.0 Å². The van der Waals surface area contributed by atoms with Crippen LogP contribution >= 0.6 is 0 Å². The van der Waals surface area contributed by atoms with E-state index in [2.05, 4.69) is 5.32 Å². The maximum atomic E-state index is 12.0. The van der Waals surface area contributed by atoms with E-state index >= 15 is 0 Å². The number of anilines is 1. The molecule has 1 aromatic carbocycles. The second-order valence-electron chi connectivity index (χ2n) is 5.43. The molecule has 1 unspecified atom stereocenters. The first kappa shape index (κ1) is 17.4. The van der Waals surface area contributed by atoms with E-state index in [0.717, 1.165) is 0 Å². The fraction of sp³-hybridized carbons (Fsp3) is 0.429. The largest absolute Gasteiger partial charge is 0.395 e. The van der Waals surface area contributed by atoms with Crippen LogP contribution in [-0.2, 0) is 14.8 Å². The first-order chi connectivity index (χ1) is 10.8. The van der Waals surface area contributed by atoms with Crippen molar-refractivity contribution in [3.63, 3.8) is 0 Å². The van der Waals surface area contributed by atoms with Gasteiger partial charge in [0, 0.05) is 36.7 Å². The monoisotopic (exact) mass is 341 g/mol. The molecule has 9 heteroatoms. The molecule has 1 aliphatic heterocycles. The molecule has 126 valence electrons. The van der Waals surface area contributed by atoms with Crippen LogP contribution in [0.3, 0.4) is 0 Å². The first-order valence-corrected chi connectivity index (χ1v) is 8.81. The zero-order valence-electron chi connectivity index (χ0n) is 12.4. The Morgan fingerprint density at radius 1 is 1.35 bits per heavy atom. The molecular weight excluding hydrogens is 322 g/mol. The van der Waals surface area contributed by atoms with Gasteiger partial charge >= 0.3 is 0 Å². The van der Waals surface area contributed by atoms with Crippen LogP contribution in [0.4, 0.5) is 5.69 Å². The van der Waals surface area contributed by atoms with E-state index in [1.807, 2.05) is 0 Å². The average Bonchev–Trinajstić information content (AvgIpc) is 2.83. The van der Waals surface area contributed by atoms with Crippen LogP contribution in [0.2, 0.25) is 0 Å². The van der Waals surface area contributed by atoms with Crippen molar-refractivity contribution >= 4 is 27.5 Å². The fourth-order valence-corrected chi connectivity index (χ4v) is 3.42. The number of benzene rings is 1. The van der Waals surface area contributed by atoms with Crippen molar-refractivity contribution in [3.8, 4) is 0 Å². The summed E-state index contributed by atoms with van der Waals surface area (Å²) in [5, 5.41) is 16.2. The van der Waals surface area contributed by atoms with Crippen LogP contribution in [0.15, 0.2) is 24.3 Å². The molecule has 1 atom stereocenters. The van der Waals surface area contributed by atoms with Gasteiger partial charge < -0.3 is 15.3 Å². The summed E-state index contributed by atoms with van der Waals surface area (Å²) in [6.07, 6.45) is 0.134. The van der Waals surface area contributed by atoms with E-state index in [9.17, 15) is 18.0 Å². The number of hydrogen-bond acceptors (Lipinski definition) is 5. The minimum atomic E-state index is -3.62. The summed E-state index contributed by atoms with van der Waals surface area (Å²) in [6.45, 7) is 0.309.